The molecule has 5 rings (SSSR count). The third kappa shape index (κ3) is 5.00. The molecule has 0 aromatic carbocycles. The zero-order valence-corrected chi connectivity index (χ0v) is 23.7. The van der Waals surface area contributed by atoms with Crippen molar-refractivity contribution in [1.82, 2.24) is 9.80 Å². The van der Waals surface area contributed by atoms with Crippen molar-refractivity contribution in [2.24, 2.45) is 22.2 Å². The number of thiophene rings is 1. The highest BCUT2D eigenvalue weighted by molar-refractivity contribution is 7.12. The lowest BCUT2D eigenvalue weighted by atomic mass is 9.70. The minimum atomic E-state index is -0.316. The van der Waals surface area contributed by atoms with Crippen LogP contribution in [0.25, 0.3) is 0 Å². The maximum absolute atomic E-state index is 13.8. The third-order valence-electron chi connectivity index (χ3n) is 9.48. The maximum Gasteiger partial charge on any atom is 0.255 e. The first-order valence-corrected chi connectivity index (χ1v) is 14.9. The van der Waals surface area contributed by atoms with Crippen LogP contribution in [0.1, 0.15) is 97.8 Å². The molecule has 2 amide bonds. The van der Waals surface area contributed by atoms with Crippen molar-refractivity contribution in [1.29, 1.82) is 0 Å². The summed E-state index contributed by atoms with van der Waals surface area (Å²) in [5.74, 6) is 0.872. The lowest BCUT2D eigenvalue weighted by Crippen LogP contribution is -2.44. The molecule has 6 heteroatoms. The number of piperidine rings is 1. The second kappa shape index (κ2) is 10.2. The van der Waals surface area contributed by atoms with Gasteiger partial charge in [0.2, 0.25) is 0 Å². The quantitative estimate of drug-likeness (QED) is 0.472. The molecule has 1 saturated carbocycles. The molecule has 4 heterocycles. The van der Waals surface area contributed by atoms with E-state index < -0.39 is 0 Å². The van der Waals surface area contributed by atoms with Gasteiger partial charge in [0, 0.05) is 35.1 Å². The summed E-state index contributed by atoms with van der Waals surface area (Å²) in [7, 11) is 0. The highest BCUT2D eigenvalue weighted by Crippen LogP contribution is 2.44. The molecular weight excluding hydrogens is 466 g/mol. The number of aryl methyl sites for hydroxylation is 1. The Kier molecular flexibility index (Phi) is 7.30. The van der Waals surface area contributed by atoms with E-state index in [9.17, 15) is 9.59 Å². The Labute approximate surface area is 221 Å². The van der Waals surface area contributed by atoms with E-state index in [1.807, 2.05) is 36.2 Å². The van der Waals surface area contributed by atoms with Crippen LogP contribution >= 0.6 is 11.3 Å². The van der Waals surface area contributed by atoms with Gasteiger partial charge in [-0.1, -0.05) is 25.8 Å². The molecule has 4 aliphatic rings. The largest absolute Gasteiger partial charge is 0.337 e. The first-order valence-electron chi connectivity index (χ1n) is 14.1. The van der Waals surface area contributed by atoms with Crippen molar-refractivity contribution in [3.8, 4) is 0 Å². The number of rotatable bonds is 6. The van der Waals surface area contributed by atoms with E-state index in [0.29, 0.717) is 30.3 Å². The van der Waals surface area contributed by atoms with Crippen LogP contribution in [0.3, 0.4) is 0 Å². The molecule has 0 bridgehead atoms. The summed E-state index contributed by atoms with van der Waals surface area (Å²) in [4.78, 5) is 37.9. The highest BCUT2D eigenvalue weighted by atomic mass is 32.1. The predicted molar refractivity (Wildman–Crippen MR) is 148 cm³/mol. The van der Waals surface area contributed by atoms with Gasteiger partial charge in [-0.15, -0.1) is 11.3 Å². The molecule has 0 spiro atoms. The Bertz CT molecular complexity index is 1090. The van der Waals surface area contributed by atoms with Gasteiger partial charge < -0.3 is 9.80 Å². The summed E-state index contributed by atoms with van der Waals surface area (Å²) >= 11 is 1.89. The Hall–Kier alpha value is -1.79. The van der Waals surface area contributed by atoms with E-state index in [0.717, 1.165) is 29.7 Å². The number of hydrogen-bond acceptors (Lipinski definition) is 4. The molecule has 0 N–H and O–H groups in total. The van der Waals surface area contributed by atoms with Crippen molar-refractivity contribution in [3.05, 3.63) is 32.5 Å². The molecule has 196 valence electrons. The maximum atomic E-state index is 13.8. The smallest absolute Gasteiger partial charge is 0.255 e. The standard InChI is InChI=1S/C30H43N3O2S/c1-19-16-20(2)31-28(34)24(19)17-33-13-6-8-25-26(29(33)35)22(4)27(36-25)21(3)23-9-14-32(15-10-23)18-30(5)11-7-12-30/h16,21,23-24H,6-15,17-18H2,1-5H3/t21-,24?/m1/s1. The lowest BCUT2D eigenvalue weighted by Gasteiger charge is -2.44. The molecule has 1 aromatic rings. The van der Waals surface area contributed by atoms with Crippen LogP contribution in [0.15, 0.2) is 16.6 Å². The number of aliphatic imine (C=N–C) groups is 1. The topological polar surface area (TPSA) is 53.0 Å². The number of carbonyl (C=O) groups excluding carboxylic acids is 2. The fourth-order valence-corrected chi connectivity index (χ4v) is 8.49. The van der Waals surface area contributed by atoms with E-state index in [-0.39, 0.29) is 17.7 Å². The van der Waals surface area contributed by atoms with Gasteiger partial charge in [0.25, 0.3) is 11.8 Å². The second-order valence-corrected chi connectivity index (χ2v) is 13.5. The van der Waals surface area contributed by atoms with E-state index in [1.54, 1.807) is 0 Å². The van der Waals surface area contributed by atoms with Gasteiger partial charge in [-0.05, 0) is 101 Å². The van der Waals surface area contributed by atoms with Crippen LogP contribution in [-0.4, -0.2) is 60.0 Å². The minimum absolute atomic E-state index is 0.112. The average Bonchev–Trinajstić information content (AvgIpc) is 3.05. The normalized spacial score (nSPS) is 26.1. The average molecular weight is 510 g/mol. The van der Waals surface area contributed by atoms with E-state index >= 15 is 0 Å². The predicted octanol–water partition coefficient (Wildman–Crippen LogP) is 6.01. The fraction of sp³-hybridized carbons (Fsp3) is 0.700. The number of likely N-dealkylation sites (tertiary alicyclic amines) is 1. The zero-order valence-electron chi connectivity index (χ0n) is 22.9. The van der Waals surface area contributed by atoms with Gasteiger partial charge >= 0.3 is 0 Å². The van der Waals surface area contributed by atoms with Crippen LogP contribution in [0.4, 0.5) is 0 Å². The third-order valence-corrected chi connectivity index (χ3v) is 11.0. The van der Waals surface area contributed by atoms with Crippen LogP contribution in [0, 0.1) is 24.2 Å². The molecule has 5 nitrogen and oxygen atoms in total. The molecule has 0 radical (unpaired) electrons. The summed E-state index contributed by atoms with van der Waals surface area (Å²) in [5, 5.41) is 0. The monoisotopic (exact) mass is 509 g/mol. The van der Waals surface area contributed by atoms with Crippen molar-refractivity contribution in [2.45, 2.75) is 85.5 Å². The first kappa shape index (κ1) is 25.8. The second-order valence-electron chi connectivity index (χ2n) is 12.3. The number of nitrogens with zero attached hydrogens (tertiary/aromatic N) is 3. The van der Waals surface area contributed by atoms with Crippen molar-refractivity contribution >= 4 is 28.9 Å². The molecule has 3 aliphatic heterocycles. The Morgan fingerprint density at radius 2 is 1.83 bits per heavy atom. The van der Waals surface area contributed by atoms with Crippen molar-refractivity contribution < 1.29 is 9.59 Å². The van der Waals surface area contributed by atoms with Crippen LogP contribution in [0.5, 0.6) is 0 Å². The van der Waals surface area contributed by atoms with E-state index in [1.165, 1.54) is 67.1 Å². The van der Waals surface area contributed by atoms with Crippen LogP contribution in [0.2, 0.25) is 0 Å². The van der Waals surface area contributed by atoms with Gasteiger partial charge in [-0.3, -0.25) is 9.59 Å². The Morgan fingerprint density at radius 3 is 2.47 bits per heavy atom. The molecule has 1 saturated heterocycles. The van der Waals surface area contributed by atoms with E-state index in [2.05, 4.69) is 30.7 Å². The number of amides is 2. The zero-order chi connectivity index (χ0) is 25.6. The number of fused-ring (bicyclic) bond motifs is 1. The summed E-state index contributed by atoms with van der Waals surface area (Å²) < 4.78 is 0. The van der Waals surface area contributed by atoms with Gasteiger partial charge in [-0.2, -0.15) is 0 Å². The summed E-state index contributed by atoms with van der Waals surface area (Å²) in [6.07, 6.45) is 10.6. The number of carbonyl (C=O) groups is 2. The molecule has 36 heavy (non-hydrogen) atoms. The van der Waals surface area contributed by atoms with Crippen molar-refractivity contribution in [2.75, 3.05) is 32.7 Å². The number of hydrogen-bond donors (Lipinski definition) is 0. The summed E-state index contributed by atoms with van der Waals surface area (Å²) in [6.45, 7) is 15.7. The minimum Gasteiger partial charge on any atom is -0.337 e. The molecule has 1 aliphatic carbocycles. The van der Waals surface area contributed by atoms with Gasteiger partial charge in [0.15, 0.2) is 0 Å². The molecular formula is C30H43N3O2S. The highest BCUT2D eigenvalue weighted by Gasteiger charge is 2.37. The van der Waals surface area contributed by atoms with Gasteiger partial charge in [0.1, 0.15) is 0 Å². The Morgan fingerprint density at radius 1 is 1.11 bits per heavy atom. The molecule has 2 atom stereocenters. The van der Waals surface area contributed by atoms with Crippen LogP contribution < -0.4 is 0 Å². The SMILES string of the molecule is CC1=CC(C)=NC(=O)C1CN1CCCc2sc([C@H](C)C3CCN(CC4(C)CCC4)CC3)c(C)c2C1=O. The Balaban J connectivity index is 1.27. The fourth-order valence-electron chi connectivity index (χ4n) is 7.00. The molecule has 2 fully saturated rings. The number of allylic oxidation sites excluding steroid dienone is 1. The van der Waals surface area contributed by atoms with E-state index in [4.69, 9.17) is 0 Å². The van der Waals surface area contributed by atoms with Crippen molar-refractivity contribution in [3.63, 3.8) is 0 Å². The van der Waals surface area contributed by atoms with Crippen LogP contribution in [-0.2, 0) is 11.2 Å². The van der Waals surface area contributed by atoms with Gasteiger partial charge in [0.05, 0.1) is 11.5 Å². The molecule has 1 aromatic heterocycles. The lowest BCUT2D eigenvalue weighted by molar-refractivity contribution is -0.120. The number of dihydropyridines is 1. The molecule has 1 unspecified atom stereocenters. The summed E-state index contributed by atoms with van der Waals surface area (Å²) in [6, 6.07) is 0. The van der Waals surface area contributed by atoms with Gasteiger partial charge in [-0.25, -0.2) is 4.99 Å². The summed E-state index contributed by atoms with van der Waals surface area (Å²) in [5.41, 5.74) is 4.46. The first-order chi connectivity index (χ1) is 17.1.